The molecule has 0 spiro atoms. The van der Waals surface area contributed by atoms with E-state index in [1.54, 1.807) is 0 Å². The summed E-state index contributed by atoms with van der Waals surface area (Å²) in [7, 11) is 1.98. The lowest BCUT2D eigenvalue weighted by Gasteiger charge is -2.16. The van der Waals surface area contributed by atoms with Gasteiger partial charge >= 0.3 is 0 Å². The number of benzene rings is 1. The number of hydrogen-bond acceptors (Lipinski definition) is 2. The number of fused-ring (bicyclic) bond motifs is 1. The summed E-state index contributed by atoms with van der Waals surface area (Å²) in [4.78, 5) is 9.76. The van der Waals surface area contributed by atoms with E-state index in [1.807, 2.05) is 43.1 Å². The van der Waals surface area contributed by atoms with Gasteiger partial charge in [-0.3, -0.25) is 0 Å². The molecule has 2 rings (SSSR count). The van der Waals surface area contributed by atoms with Gasteiger partial charge in [-0.05, 0) is 19.1 Å². The molecule has 0 aliphatic rings. The van der Waals surface area contributed by atoms with Crippen LogP contribution in [-0.4, -0.2) is 28.9 Å². The van der Waals surface area contributed by atoms with Gasteiger partial charge in [-0.2, -0.15) is 0 Å². The molecule has 1 heterocycles. The highest BCUT2D eigenvalue weighted by Crippen LogP contribution is 2.16. The highest BCUT2D eigenvalue weighted by atomic mass is 35.5. The van der Waals surface area contributed by atoms with Gasteiger partial charge in [0.05, 0.1) is 11.0 Å². The van der Waals surface area contributed by atoms with Crippen molar-refractivity contribution < 1.29 is 0 Å². The minimum Gasteiger partial charge on any atom is -0.344 e. The molecule has 1 aromatic carbocycles. The Balaban J connectivity index is 2.28. The first-order chi connectivity index (χ1) is 7.16. The maximum atomic E-state index is 5.94. The molecular formula is C11H14ClN3. The third-order valence-electron chi connectivity index (χ3n) is 2.26. The maximum absolute atomic E-state index is 5.94. The Morgan fingerprint density at radius 2 is 2.20 bits per heavy atom. The van der Waals surface area contributed by atoms with E-state index in [-0.39, 0.29) is 5.38 Å². The van der Waals surface area contributed by atoms with Gasteiger partial charge in [-0.25, -0.2) is 4.98 Å². The summed E-state index contributed by atoms with van der Waals surface area (Å²) in [6.45, 7) is 2.75. The Morgan fingerprint density at radius 3 is 2.87 bits per heavy atom. The zero-order valence-corrected chi connectivity index (χ0v) is 9.62. The summed E-state index contributed by atoms with van der Waals surface area (Å²) >= 11 is 5.94. The van der Waals surface area contributed by atoms with Gasteiger partial charge in [0, 0.05) is 19.0 Å². The second-order valence-electron chi connectivity index (χ2n) is 3.74. The van der Waals surface area contributed by atoms with Crippen LogP contribution in [0.5, 0.6) is 0 Å². The summed E-state index contributed by atoms with van der Waals surface area (Å²) in [5, 5.41) is 0.114. The number of anilines is 1. The highest BCUT2D eigenvalue weighted by Gasteiger charge is 2.08. The molecule has 1 unspecified atom stereocenters. The molecule has 3 nitrogen and oxygen atoms in total. The van der Waals surface area contributed by atoms with Gasteiger partial charge in [0.1, 0.15) is 0 Å². The standard InChI is InChI=1S/C11H14ClN3/c1-8(12)7-15(2)11-13-9-5-3-4-6-10(9)14-11/h3-6,8H,7H2,1-2H3,(H,13,14). The van der Waals surface area contributed by atoms with Crippen molar-refractivity contribution in [3.63, 3.8) is 0 Å². The fourth-order valence-corrected chi connectivity index (χ4v) is 1.79. The van der Waals surface area contributed by atoms with Crippen molar-refractivity contribution in [1.29, 1.82) is 0 Å². The number of H-pyrrole nitrogens is 1. The fraction of sp³-hybridized carbons (Fsp3) is 0.364. The van der Waals surface area contributed by atoms with Crippen molar-refractivity contribution in [3.05, 3.63) is 24.3 Å². The highest BCUT2D eigenvalue weighted by molar-refractivity contribution is 6.20. The quantitative estimate of drug-likeness (QED) is 0.812. The Morgan fingerprint density at radius 1 is 1.47 bits per heavy atom. The summed E-state index contributed by atoms with van der Waals surface area (Å²) in [5.74, 6) is 0.865. The number of nitrogens with one attached hydrogen (secondary N) is 1. The molecule has 0 bridgehead atoms. The monoisotopic (exact) mass is 223 g/mol. The van der Waals surface area contributed by atoms with Crippen LogP contribution in [0, 0.1) is 0 Å². The molecule has 80 valence electrons. The molecule has 0 saturated carbocycles. The number of rotatable bonds is 3. The molecule has 0 saturated heterocycles. The van der Waals surface area contributed by atoms with E-state index in [0.29, 0.717) is 0 Å². The van der Waals surface area contributed by atoms with Gasteiger partial charge in [-0.1, -0.05) is 12.1 Å². The predicted octanol–water partition coefficient (Wildman–Crippen LogP) is 2.63. The molecule has 1 N–H and O–H groups in total. The Labute approximate surface area is 94.1 Å². The van der Waals surface area contributed by atoms with Crippen LogP contribution in [0.2, 0.25) is 0 Å². The Kier molecular flexibility index (Phi) is 2.82. The van der Waals surface area contributed by atoms with Crippen LogP contribution in [0.25, 0.3) is 11.0 Å². The van der Waals surface area contributed by atoms with Crippen LogP contribution in [0.4, 0.5) is 5.95 Å². The molecule has 15 heavy (non-hydrogen) atoms. The van der Waals surface area contributed by atoms with E-state index in [9.17, 15) is 0 Å². The largest absolute Gasteiger partial charge is 0.344 e. The number of hydrogen-bond donors (Lipinski definition) is 1. The lowest BCUT2D eigenvalue weighted by molar-refractivity contribution is 0.836. The maximum Gasteiger partial charge on any atom is 0.203 e. The number of aromatic amines is 1. The molecule has 0 aliphatic heterocycles. The first-order valence-electron chi connectivity index (χ1n) is 4.97. The van der Waals surface area contributed by atoms with E-state index in [0.717, 1.165) is 23.5 Å². The normalized spacial score (nSPS) is 13.0. The van der Waals surface area contributed by atoms with E-state index in [2.05, 4.69) is 9.97 Å². The van der Waals surface area contributed by atoms with Crippen molar-refractivity contribution in [2.24, 2.45) is 0 Å². The molecule has 4 heteroatoms. The number of nitrogens with zero attached hydrogens (tertiary/aromatic N) is 2. The molecule has 1 atom stereocenters. The smallest absolute Gasteiger partial charge is 0.203 e. The van der Waals surface area contributed by atoms with Gasteiger partial charge in [-0.15, -0.1) is 11.6 Å². The van der Waals surface area contributed by atoms with Gasteiger partial charge in [0.15, 0.2) is 0 Å². The molecule has 0 amide bonds. The summed E-state index contributed by atoms with van der Waals surface area (Å²) < 4.78 is 0. The molecule has 0 radical (unpaired) electrons. The van der Waals surface area contributed by atoms with Crippen LogP contribution in [-0.2, 0) is 0 Å². The molecule has 1 aromatic heterocycles. The van der Waals surface area contributed by atoms with Crippen molar-refractivity contribution >= 4 is 28.6 Å². The second-order valence-corrected chi connectivity index (χ2v) is 4.48. The number of imidazole rings is 1. The number of para-hydroxylation sites is 2. The number of halogens is 1. The Bertz CT molecular complexity index is 417. The van der Waals surface area contributed by atoms with Crippen LogP contribution in [0.15, 0.2) is 24.3 Å². The third kappa shape index (κ3) is 2.23. The Hall–Kier alpha value is -1.22. The average Bonchev–Trinajstić information content (AvgIpc) is 2.59. The minimum atomic E-state index is 0.114. The van der Waals surface area contributed by atoms with Gasteiger partial charge in [0.2, 0.25) is 5.95 Å². The number of alkyl halides is 1. The first-order valence-corrected chi connectivity index (χ1v) is 5.40. The van der Waals surface area contributed by atoms with Crippen LogP contribution >= 0.6 is 11.6 Å². The lowest BCUT2D eigenvalue weighted by atomic mass is 10.3. The van der Waals surface area contributed by atoms with E-state index >= 15 is 0 Å². The van der Waals surface area contributed by atoms with Gasteiger partial charge in [0.25, 0.3) is 0 Å². The molecule has 2 aromatic rings. The van der Waals surface area contributed by atoms with E-state index in [4.69, 9.17) is 11.6 Å². The summed E-state index contributed by atoms with van der Waals surface area (Å²) in [6.07, 6.45) is 0. The van der Waals surface area contributed by atoms with Crippen LogP contribution in [0.3, 0.4) is 0 Å². The average molecular weight is 224 g/mol. The van der Waals surface area contributed by atoms with Gasteiger partial charge < -0.3 is 9.88 Å². The lowest BCUT2D eigenvalue weighted by Crippen LogP contribution is -2.25. The topological polar surface area (TPSA) is 31.9 Å². The molecule has 0 fully saturated rings. The zero-order chi connectivity index (χ0) is 10.8. The van der Waals surface area contributed by atoms with E-state index in [1.165, 1.54) is 0 Å². The molecular weight excluding hydrogens is 210 g/mol. The SMILES string of the molecule is CC(Cl)CN(C)c1nc2ccccc2[nH]1. The summed E-state index contributed by atoms with van der Waals surface area (Å²) in [5.41, 5.74) is 2.04. The summed E-state index contributed by atoms with van der Waals surface area (Å²) in [6, 6.07) is 7.99. The first kappa shape index (κ1) is 10.3. The third-order valence-corrected chi connectivity index (χ3v) is 2.40. The van der Waals surface area contributed by atoms with E-state index < -0.39 is 0 Å². The number of aromatic nitrogens is 2. The predicted molar refractivity (Wildman–Crippen MR) is 64.7 cm³/mol. The second kappa shape index (κ2) is 4.11. The van der Waals surface area contributed by atoms with Crippen molar-refractivity contribution in [2.75, 3.05) is 18.5 Å². The zero-order valence-electron chi connectivity index (χ0n) is 8.87. The van der Waals surface area contributed by atoms with Crippen molar-refractivity contribution in [2.45, 2.75) is 12.3 Å². The van der Waals surface area contributed by atoms with Crippen LogP contribution in [0.1, 0.15) is 6.92 Å². The van der Waals surface area contributed by atoms with Crippen molar-refractivity contribution in [3.8, 4) is 0 Å². The molecule has 0 aliphatic carbocycles. The van der Waals surface area contributed by atoms with Crippen molar-refractivity contribution in [1.82, 2.24) is 9.97 Å². The van der Waals surface area contributed by atoms with Crippen LogP contribution < -0.4 is 4.90 Å². The minimum absolute atomic E-state index is 0.114. The fourth-order valence-electron chi connectivity index (χ4n) is 1.58.